The molecule has 2 aromatic rings. The molecular formula is C20H24N2OS. The summed E-state index contributed by atoms with van der Waals surface area (Å²) in [4.78, 5) is 5.75. The molecule has 2 fully saturated rings. The van der Waals surface area contributed by atoms with Gasteiger partial charge in [-0.1, -0.05) is 18.2 Å². The number of aromatic nitrogens is 1. The maximum absolute atomic E-state index is 5.87. The van der Waals surface area contributed by atoms with E-state index in [1.54, 1.807) is 0 Å². The molecule has 0 amide bonds. The average molecular weight is 340 g/mol. The molecule has 1 aliphatic heterocycles. The van der Waals surface area contributed by atoms with Crippen LogP contribution in [0.5, 0.6) is 5.75 Å². The standard InChI is InChI=1S/C20H24N2OS/c1-2-4-19(5-3-1)24-9-7-15-11-20(15)16-10-18(13-21-12-16)23-14-17-6-8-22-17/h1-5,10,12-13,15,17,20,22H,6-9,11,14H2/t15-,17+,20+/m1/s1. The number of nitrogens with zero attached hydrogens (tertiary/aromatic N) is 1. The Morgan fingerprint density at radius 1 is 1.21 bits per heavy atom. The number of thioether (sulfide) groups is 1. The van der Waals surface area contributed by atoms with Gasteiger partial charge in [-0.3, -0.25) is 4.98 Å². The fourth-order valence-electron chi connectivity index (χ4n) is 3.22. The van der Waals surface area contributed by atoms with Gasteiger partial charge in [0.15, 0.2) is 0 Å². The molecule has 0 radical (unpaired) electrons. The molecule has 0 bridgehead atoms. The van der Waals surface area contributed by atoms with Crippen molar-refractivity contribution in [3.05, 3.63) is 54.4 Å². The van der Waals surface area contributed by atoms with Crippen LogP contribution >= 0.6 is 11.8 Å². The zero-order chi connectivity index (χ0) is 16.2. The normalized spacial score (nSPS) is 25.1. The smallest absolute Gasteiger partial charge is 0.137 e. The highest BCUT2D eigenvalue weighted by molar-refractivity contribution is 7.99. The molecular weight excluding hydrogens is 316 g/mol. The van der Waals surface area contributed by atoms with Crippen LogP contribution in [0.15, 0.2) is 53.7 Å². The first-order chi connectivity index (χ1) is 11.9. The number of pyridine rings is 1. The summed E-state index contributed by atoms with van der Waals surface area (Å²) >= 11 is 1.96. The monoisotopic (exact) mass is 340 g/mol. The van der Waals surface area contributed by atoms with E-state index in [-0.39, 0.29) is 0 Å². The summed E-state index contributed by atoms with van der Waals surface area (Å²) in [5.74, 6) is 3.61. The topological polar surface area (TPSA) is 34.1 Å². The van der Waals surface area contributed by atoms with Gasteiger partial charge in [-0.25, -0.2) is 0 Å². The van der Waals surface area contributed by atoms with Gasteiger partial charge in [0.05, 0.1) is 6.20 Å². The van der Waals surface area contributed by atoms with Crippen molar-refractivity contribution >= 4 is 11.8 Å². The van der Waals surface area contributed by atoms with Gasteiger partial charge in [0.1, 0.15) is 12.4 Å². The quantitative estimate of drug-likeness (QED) is 0.734. The molecule has 2 heterocycles. The van der Waals surface area contributed by atoms with Crippen molar-refractivity contribution in [3.63, 3.8) is 0 Å². The summed E-state index contributed by atoms with van der Waals surface area (Å²) in [6.45, 7) is 1.88. The molecule has 0 unspecified atom stereocenters. The first-order valence-electron chi connectivity index (χ1n) is 8.87. The zero-order valence-electron chi connectivity index (χ0n) is 13.9. The van der Waals surface area contributed by atoms with E-state index in [0.717, 1.165) is 24.8 Å². The van der Waals surface area contributed by atoms with Crippen LogP contribution in [0.4, 0.5) is 0 Å². The second-order valence-electron chi connectivity index (χ2n) is 6.76. The molecule has 1 saturated carbocycles. The number of hydrogen-bond donors (Lipinski definition) is 1. The van der Waals surface area contributed by atoms with Crippen molar-refractivity contribution in [2.45, 2.75) is 36.1 Å². The Labute approximate surface area is 148 Å². The highest BCUT2D eigenvalue weighted by Gasteiger charge is 2.38. The number of rotatable bonds is 8. The maximum Gasteiger partial charge on any atom is 0.137 e. The minimum Gasteiger partial charge on any atom is -0.490 e. The predicted octanol–water partition coefficient (Wildman–Crippen LogP) is 4.11. The summed E-state index contributed by atoms with van der Waals surface area (Å²) < 4.78 is 5.87. The van der Waals surface area contributed by atoms with Gasteiger partial charge in [0, 0.05) is 17.1 Å². The molecule has 1 aromatic heterocycles. The number of ether oxygens (including phenoxy) is 1. The van der Waals surface area contributed by atoms with Crippen LogP contribution in [0.25, 0.3) is 0 Å². The lowest BCUT2D eigenvalue weighted by atomic mass is 10.1. The van der Waals surface area contributed by atoms with E-state index >= 15 is 0 Å². The fourth-order valence-corrected chi connectivity index (χ4v) is 4.23. The largest absolute Gasteiger partial charge is 0.490 e. The van der Waals surface area contributed by atoms with E-state index in [9.17, 15) is 0 Å². The molecule has 2 aliphatic rings. The second kappa shape index (κ2) is 7.58. The first kappa shape index (κ1) is 16.0. The Balaban J connectivity index is 1.23. The summed E-state index contributed by atoms with van der Waals surface area (Å²) in [6.07, 6.45) is 7.65. The van der Waals surface area contributed by atoms with E-state index in [2.05, 4.69) is 46.7 Å². The Morgan fingerprint density at radius 3 is 2.88 bits per heavy atom. The van der Waals surface area contributed by atoms with Gasteiger partial charge < -0.3 is 10.1 Å². The number of hydrogen-bond acceptors (Lipinski definition) is 4. The van der Waals surface area contributed by atoms with Crippen molar-refractivity contribution in [3.8, 4) is 5.75 Å². The molecule has 24 heavy (non-hydrogen) atoms. The summed E-state index contributed by atoms with van der Waals surface area (Å²) in [6, 6.07) is 13.4. The molecule has 1 aliphatic carbocycles. The third-order valence-electron chi connectivity index (χ3n) is 4.96. The van der Waals surface area contributed by atoms with Crippen molar-refractivity contribution in [2.75, 3.05) is 18.9 Å². The second-order valence-corrected chi connectivity index (χ2v) is 7.93. The molecule has 4 heteroatoms. The lowest BCUT2D eigenvalue weighted by Gasteiger charge is -2.27. The molecule has 0 spiro atoms. The molecule has 3 nitrogen and oxygen atoms in total. The zero-order valence-corrected chi connectivity index (χ0v) is 14.7. The molecule has 1 aromatic carbocycles. The minimum absolute atomic E-state index is 0.525. The van der Waals surface area contributed by atoms with Crippen molar-refractivity contribution in [2.24, 2.45) is 5.92 Å². The highest BCUT2D eigenvalue weighted by Crippen LogP contribution is 2.50. The van der Waals surface area contributed by atoms with Gasteiger partial charge in [-0.15, -0.1) is 11.8 Å². The average Bonchev–Trinajstić information content (AvgIpc) is 3.34. The highest BCUT2D eigenvalue weighted by atomic mass is 32.2. The Kier molecular flexibility index (Phi) is 5.04. The lowest BCUT2D eigenvalue weighted by molar-refractivity contribution is 0.217. The van der Waals surface area contributed by atoms with Gasteiger partial charge >= 0.3 is 0 Å². The minimum atomic E-state index is 0.525. The summed E-state index contributed by atoms with van der Waals surface area (Å²) in [7, 11) is 0. The van der Waals surface area contributed by atoms with E-state index in [0.29, 0.717) is 12.0 Å². The van der Waals surface area contributed by atoms with E-state index in [4.69, 9.17) is 4.74 Å². The van der Waals surface area contributed by atoms with Gasteiger partial charge in [0.2, 0.25) is 0 Å². The van der Waals surface area contributed by atoms with Gasteiger partial charge in [-0.2, -0.15) is 0 Å². The molecule has 3 atom stereocenters. The summed E-state index contributed by atoms with van der Waals surface area (Å²) in [5.41, 5.74) is 1.35. The molecule has 1 saturated heterocycles. The third-order valence-corrected chi connectivity index (χ3v) is 6.01. The van der Waals surface area contributed by atoms with Gasteiger partial charge in [-0.05, 0) is 67.2 Å². The first-order valence-corrected chi connectivity index (χ1v) is 9.86. The lowest BCUT2D eigenvalue weighted by Crippen LogP contribution is -2.46. The molecule has 1 N–H and O–H groups in total. The van der Waals surface area contributed by atoms with Crippen molar-refractivity contribution < 1.29 is 4.74 Å². The number of nitrogens with one attached hydrogen (secondary N) is 1. The molecule has 126 valence electrons. The Morgan fingerprint density at radius 2 is 2.08 bits per heavy atom. The SMILES string of the molecule is c1ccc(SCC[C@@H]2C[C@@H]2c2cncc(OC[C@@H]3CCN3)c2)cc1. The van der Waals surface area contributed by atoms with Crippen LogP contribution in [-0.4, -0.2) is 29.9 Å². The van der Waals surface area contributed by atoms with Crippen LogP contribution in [0.2, 0.25) is 0 Å². The van der Waals surface area contributed by atoms with Crippen LogP contribution in [0.3, 0.4) is 0 Å². The number of benzene rings is 1. The molecule has 4 rings (SSSR count). The van der Waals surface area contributed by atoms with E-state index < -0.39 is 0 Å². The van der Waals surface area contributed by atoms with Crippen LogP contribution in [0.1, 0.15) is 30.7 Å². The van der Waals surface area contributed by atoms with E-state index in [1.807, 2.05) is 24.2 Å². The van der Waals surface area contributed by atoms with Gasteiger partial charge in [0.25, 0.3) is 0 Å². The predicted molar refractivity (Wildman–Crippen MR) is 98.8 cm³/mol. The van der Waals surface area contributed by atoms with Crippen LogP contribution < -0.4 is 10.1 Å². The summed E-state index contributed by atoms with van der Waals surface area (Å²) in [5, 5.41) is 3.36. The van der Waals surface area contributed by atoms with Crippen molar-refractivity contribution in [1.29, 1.82) is 0 Å². The Bertz CT molecular complexity index is 660. The maximum atomic E-state index is 5.87. The van der Waals surface area contributed by atoms with E-state index in [1.165, 1.54) is 35.5 Å². The van der Waals surface area contributed by atoms with Crippen LogP contribution in [-0.2, 0) is 0 Å². The Hall–Kier alpha value is -1.52. The van der Waals surface area contributed by atoms with Crippen LogP contribution in [0, 0.1) is 5.92 Å². The van der Waals surface area contributed by atoms with Crippen molar-refractivity contribution in [1.82, 2.24) is 10.3 Å². The fraction of sp³-hybridized carbons (Fsp3) is 0.450. The third kappa shape index (κ3) is 4.11.